The van der Waals surface area contributed by atoms with Crippen molar-refractivity contribution < 1.29 is 9.53 Å². The van der Waals surface area contributed by atoms with Crippen molar-refractivity contribution in [2.75, 3.05) is 0 Å². The number of carbonyl (C=O) groups excluding carboxylic acids is 1. The van der Waals surface area contributed by atoms with Gasteiger partial charge in [-0.25, -0.2) is 9.79 Å². The van der Waals surface area contributed by atoms with Crippen LogP contribution in [-0.2, 0) is 9.53 Å². The molecule has 0 saturated carbocycles. The summed E-state index contributed by atoms with van der Waals surface area (Å²) in [5.41, 5.74) is 1.15. The van der Waals surface area contributed by atoms with Gasteiger partial charge in [-0.3, -0.25) is 0 Å². The molecule has 1 aliphatic rings. The van der Waals surface area contributed by atoms with Gasteiger partial charge in [0.15, 0.2) is 5.70 Å². The highest BCUT2D eigenvalue weighted by molar-refractivity contribution is 14.1. The number of hydrogen-bond acceptors (Lipinski definition) is 4. The fourth-order valence-corrected chi connectivity index (χ4v) is 2.64. The van der Waals surface area contributed by atoms with Gasteiger partial charge in [-0.05, 0) is 64.4 Å². The van der Waals surface area contributed by atoms with Crippen LogP contribution in [-0.4, -0.2) is 11.9 Å². The predicted molar refractivity (Wildman–Crippen MR) is 84.1 cm³/mol. The third-order valence-corrected chi connectivity index (χ3v) is 4.07. The van der Waals surface area contributed by atoms with Crippen LogP contribution >= 0.6 is 33.9 Å². The molecule has 2 heterocycles. The zero-order valence-electron chi connectivity index (χ0n) is 9.67. The second-order valence-corrected chi connectivity index (χ2v) is 6.08. The average Bonchev–Trinajstić information content (AvgIpc) is 3.02. The molecule has 2 aromatic rings. The van der Waals surface area contributed by atoms with Crippen molar-refractivity contribution in [2.24, 2.45) is 4.99 Å². The summed E-state index contributed by atoms with van der Waals surface area (Å²) >= 11 is 3.78. The van der Waals surface area contributed by atoms with Gasteiger partial charge in [0.05, 0.1) is 0 Å². The topological polar surface area (TPSA) is 38.7 Å². The van der Waals surface area contributed by atoms with Crippen LogP contribution in [0.4, 0.5) is 0 Å². The first kappa shape index (κ1) is 12.6. The zero-order chi connectivity index (χ0) is 13.2. The smallest absolute Gasteiger partial charge is 0.363 e. The Balaban J connectivity index is 1.93. The van der Waals surface area contributed by atoms with E-state index < -0.39 is 5.97 Å². The van der Waals surface area contributed by atoms with Crippen molar-refractivity contribution in [3.63, 3.8) is 0 Å². The summed E-state index contributed by atoms with van der Waals surface area (Å²) in [6, 6.07) is 11.6. The van der Waals surface area contributed by atoms with Crippen molar-refractivity contribution in [3.05, 3.63) is 61.5 Å². The molecule has 0 radical (unpaired) electrons. The van der Waals surface area contributed by atoms with Crippen LogP contribution in [0.15, 0.2) is 52.5 Å². The van der Waals surface area contributed by atoms with Gasteiger partial charge in [0.1, 0.15) is 0 Å². The van der Waals surface area contributed by atoms with Crippen LogP contribution in [0.5, 0.6) is 0 Å². The maximum atomic E-state index is 11.7. The molecule has 0 unspecified atom stereocenters. The molecule has 3 nitrogen and oxygen atoms in total. The van der Waals surface area contributed by atoms with Crippen LogP contribution in [0.25, 0.3) is 6.08 Å². The van der Waals surface area contributed by atoms with Gasteiger partial charge in [-0.15, -0.1) is 11.3 Å². The van der Waals surface area contributed by atoms with E-state index in [2.05, 4.69) is 27.6 Å². The number of carbonyl (C=O) groups is 1. The highest BCUT2D eigenvalue weighted by atomic mass is 127. The number of halogens is 1. The Morgan fingerprint density at radius 3 is 2.68 bits per heavy atom. The van der Waals surface area contributed by atoms with Crippen molar-refractivity contribution in [3.8, 4) is 0 Å². The number of hydrogen-bond donors (Lipinski definition) is 0. The van der Waals surface area contributed by atoms with Crippen molar-refractivity contribution >= 4 is 51.9 Å². The number of nitrogens with zero attached hydrogens (tertiary/aromatic N) is 1. The van der Waals surface area contributed by atoms with E-state index >= 15 is 0 Å². The quantitative estimate of drug-likeness (QED) is 0.452. The molecule has 0 saturated heterocycles. The highest BCUT2D eigenvalue weighted by Gasteiger charge is 2.24. The standard InChI is InChI=1S/C14H8INO2S/c15-10-5-3-9(4-6-10)13-16-12(14(17)18-13)8-11-2-1-7-19-11/h1-8H/b12-8-. The van der Waals surface area contributed by atoms with Gasteiger partial charge in [0.2, 0.25) is 5.90 Å². The molecule has 0 bridgehead atoms. The summed E-state index contributed by atoms with van der Waals surface area (Å²) < 4.78 is 6.32. The van der Waals surface area contributed by atoms with Crippen LogP contribution in [0.2, 0.25) is 0 Å². The summed E-state index contributed by atoms with van der Waals surface area (Å²) in [4.78, 5) is 17.0. The minimum absolute atomic E-state index is 0.344. The number of esters is 1. The summed E-state index contributed by atoms with van der Waals surface area (Å²) in [5, 5.41) is 1.95. The molecule has 0 amide bonds. The number of thiophene rings is 1. The maximum Gasteiger partial charge on any atom is 0.363 e. The summed E-state index contributed by atoms with van der Waals surface area (Å²) in [6.45, 7) is 0. The number of aliphatic imine (C=N–C) groups is 1. The number of rotatable bonds is 2. The summed E-state index contributed by atoms with van der Waals surface area (Å²) in [7, 11) is 0. The Morgan fingerprint density at radius 1 is 1.21 bits per heavy atom. The maximum absolute atomic E-state index is 11.7. The van der Waals surface area contributed by atoms with Gasteiger partial charge in [-0.1, -0.05) is 6.07 Å². The van der Waals surface area contributed by atoms with E-state index in [0.717, 1.165) is 14.0 Å². The predicted octanol–water partition coefficient (Wildman–Crippen LogP) is 3.70. The monoisotopic (exact) mass is 381 g/mol. The molecular weight excluding hydrogens is 373 g/mol. The van der Waals surface area contributed by atoms with Crippen molar-refractivity contribution in [2.45, 2.75) is 0 Å². The van der Waals surface area contributed by atoms with Crippen molar-refractivity contribution in [1.82, 2.24) is 0 Å². The van der Waals surface area contributed by atoms with E-state index in [9.17, 15) is 4.79 Å². The minimum Gasteiger partial charge on any atom is -0.402 e. The molecule has 1 aliphatic heterocycles. The lowest BCUT2D eigenvalue weighted by atomic mass is 10.2. The first-order chi connectivity index (χ1) is 9.22. The van der Waals surface area contributed by atoms with Crippen LogP contribution in [0, 0.1) is 3.57 Å². The van der Waals surface area contributed by atoms with Gasteiger partial charge < -0.3 is 4.74 Å². The molecule has 0 spiro atoms. The van der Waals surface area contributed by atoms with Gasteiger partial charge in [0, 0.05) is 14.0 Å². The Kier molecular flexibility index (Phi) is 3.48. The molecule has 94 valence electrons. The second kappa shape index (κ2) is 5.26. The zero-order valence-corrected chi connectivity index (χ0v) is 12.6. The Labute approximate surface area is 127 Å². The largest absolute Gasteiger partial charge is 0.402 e. The van der Waals surface area contributed by atoms with E-state index in [1.165, 1.54) is 0 Å². The molecule has 5 heteroatoms. The lowest BCUT2D eigenvalue weighted by molar-refractivity contribution is -0.129. The lowest BCUT2D eigenvalue weighted by Gasteiger charge is -1.98. The van der Waals surface area contributed by atoms with E-state index in [0.29, 0.717) is 11.6 Å². The van der Waals surface area contributed by atoms with E-state index in [4.69, 9.17) is 4.74 Å². The van der Waals surface area contributed by atoms with E-state index in [-0.39, 0.29) is 0 Å². The van der Waals surface area contributed by atoms with Gasteiger partial charge >= 0.3 is 5.97 Å². The molecule has 3 rings (SSSR count). The molecule has 0 aliphatic carbocycles. The van der Waals surface area contributed by atoms with E-state index in [1.807, 2.05) is 41.8 Å². The SMILES string of the molecule is O=C1OC(c2ccc(I)cc2)=N/C1=C\c1cccs1. The van der Waals surface area contributed by atoms with E-state index in [1.54, 1.807) is 17.4 Å². The minimum atomic E-state index is -0.401. The highest BCUT2D eigenvalue weighted by Crippen LogP contribution is 2.21. The van der Waals surface area contributed by atoms with Crippen molar-refractivity contribution in [1.29, 1.82) is 0 Å². The van der Waals surface area contributed by atoms with Crippen LogP contribution in [0.1, 0.15) is 10.4 Å². The average molecular weight is 381 g/mol. The van der Waals surface area contributed by atoms with Gasteiger partial charge in [0.25, 0.3) is 0 Å². The molecule has 0 atom stereocenters. The third-order valence-electron chi connectivity index (χ3n) is 2.53. The molecule has 19 heavy (non-hydrogen) atoms. The molecule has 0 N–H and O–H groups in total. The Morgan fingerprint density at radius 2 is 2.00 bits per heavy atom. The normalized spacial score (nSPS) is 16.6. The number of ether oxygens (including phenoxy) is 1. The number of cyclic esters (lactones) is 1. The third kappa shape index (κ3) is 2.76. The van der Waals surface area contributed by atoms with Gasteiger partial charge in [-0.2, -0.15) is 0 Å². The number of benzene rings is 1. The Hall–Kier alpha value is -1.47. The van der Waals surface area contributed by atoms with Crippen LogP contribution < -0.4 is 0 Å². The first-order valence-electron chi connectivity index (χ1n) is 5.54. The fourth-order valence-electron chi connectivity index (χ4n) is 1.63. The molecule has 1 aromatic carbocycles. The second-order valence-electron chi connectivity index (χ2n) is 3.86. The fraction of sp³-hybridized carbons (Fsp3) is 0. The van der Waals surface area contributed by atoms with Crippen LogP contribution in [0.3, 0.4) is 0 Å². The molecular formula is C14H8INO2S. The lowest BCUT2D eigenvalue weighted by Crippen LogP contribution is -2.05. The molecule has 1 aromatic heterocycles. The first-order valence-corrected chi connectivity index (χ1v) is 7.50. The summed E-state index contributed by atoms with van der Waals surface area (Å²) in [6.07, 6.45) is 1.74. The summed E-state index contributed by atoms with van der Waals surface area (Å²) in [5.74, 6) is -0.0360. The Bertz CT molecular complexity index is 672. The molecule has 0 fully saturated rings.